The van der Waals surface area contributed by atoms with Crippen LogP contribution in [0, 0.1) is 18.5 Å². The van der Waals surface area contributed by atoms with Gasteiger partial charge < -0.3 is 4.74 Å². The van der Waals surface area contributed by atoms with Crippen LogP contribution in [0.25, 0.3) is 11.3 Å². The first-order chi connectivity index (χ1) is 8.13. The fraction of sp³-hybridized carbons (Fsp3) is 0.231. The van der Waals surface area contributed by atoms with Gasteiger partial charge >= 0.3 is 0 Å². The first-order valence-electron chi connectivity index (χ1n) is 5.34. The molecule has 17 heavy (non-hydrogen) atoms. The van der Waals surface area contributed by atoms with Gasteiger partial charge in [-0.2, -0.15) is 5.10 Å². The Hall–Kier alpha value is -1.68. The molecule has 1 heterocycles. The van der Waals surface area contributed by atoms with Crippen molar-refractivity contribution in [2.24, 2.45) is 0 Å². The van der Waals surface area contributed by atoms with Gasteiger partial charge in [0.15, 0.2) is 0 Å². The van der Waals surface area contributed by atoms with Crippen molar-refractivity contribution >= 4 is 12.2 Å². The van der Waals surface area contributed by atoms with E-state index in [1.54, 1.807) is 7.11 Å². The third kappa shape index (κ3) is 2.22. The zero-order valence-electron chi connectivity index (χ0n) is 10.1. The molecule has 4 heteroatoms. The molecule has 0 aliphatic rings. The minimum absolute atomic E-state index is 0.622. The van der Waals surface area contributed by atoms with E-state index in [9.17, 15) is 0 Å². The number of nitrogens with zero attached hydrogens (tertiary/aromatic N) is 1. The highest BCUT2D eigenvalue weighted by atomic mass is 32.1. The molecule has 1 aromatic heterocycles. The zero-order chi connectivity index (χ0) is 12.4. The Morgan fingerprint density at radius 2 is 1.94 bits per heavy atom. The first-order valence-corrected chi connectivity index (χ1v) is 5.74. The van der Waals surface area contributed by atoms with Gasteiger partial charge in [0.25, 0.3) is 0 Å². The molecule has 3 nitrogen and oxygen atoms in total. The van der Waals surface area contributed by atoms with Crippen LogP contribution in [0.3, 0.4) is 0 Å². The minimum Gasteiger partial charge on any atom is -0.496 e. The first kappa shape index (κ1) is 11.8. The molecule has 0 fully saturated rings. The molecule has 88 valence electrons. The average molecular weight is 246 g/mol. The quantitative estimate of drug-likeness (QED) is 0.825. The lowest BCUT2D eigenvalue weighted by molar-refractivity contribution is 0.413. The number of rotatable bonds is 2. The normalized spacial score (nSPS) is 10.3. The van der Waals surface area contributed by atoms with E-state index in [1.807, 2.05) is 25.1 Å². The molecular weight excluding hydrogens is 232 g/mol. The van der Waals surface area contributed by atoms with Crippen molar-refractivity contribution in [1.82, 2.24) is 10.2 Å². The van der Waals surface area contributed by atoms with Crippen molar-refractivity contribution in [3.05, 3.63) is 40.0 Å². The number of aromatic amines is 1. The molecule has 2 rings (SSSR count). The highest BCUT2D eigenvalue weighted by Crippen LogP contribution is 2.32. The number of hydrogen-bond donors (Lipinski definition) is 1. The van der Waals surface area contributed by atoms with E-state index >= 15 is 0 Å². The number of ether oxygens (including phenoxy) is 1. The molecule has 1 N–H and O–H groups in total. The van der Waals surface area contributed by atoms with Crippen LogP contribution >= 0.6 is 12.2 Å². The van der Waals surface area contributed by atoms with Crippen LogP contribution in [0.2, 0.25) is 0 Å². The Labute approximate surface area is 105 Å². The molecule has 0 amide bonds. The predicted molar refractivity (Wildman–Crippen MR) is 70.9 cm³/mol. The number of nitrogens with one attached hydrogen (secondary N) is 1. The van der Waals surface area contributed by atoms with Gasteiger partial charge in [0.05, 0.1) is 12.8 Å². The lowest BCUT2D eigenvalue weighted by atomic mass is 10.0. The number of methoxy groups -OCH3 is 1. The minimum atomic E-state index is 0.622. The fourth-order valence-corrected chi connectivity index (χ4v) is 1.86. The van der Waals surface area contributed by atoms with Crippen molar-refractivity contribution in [3.8, 4) is 17.0 Å². The molecule has 0 saturated carbocycles. The van der Waals surface area contributed by atoms with Crippen molar-refractivity contribution in [1.29, 1.82) is 0 Å². The zero-order valence-corrected chi connectivity index (χ0v) is 10.9. The van der Waals surface area contributed by atoms with E-state index in [2.05, 4.69) is 23.2 Å². The highest BCUT2D eigenvalue weighted by Gasteiger charge is 2.11. The number of H-pyrrole nitrogens is 1. The molecule has 0 aliphatic heterocycles. The van der Waals surface area contributed by atoms with Gasteiger partial charge in [0.1, 0.15) is 10.4 Å². The summed E-state index contributed by atoms with van der Waals surface area (Å²) in [7, 11) is 1.68. The van der Waals surface area contributed by atoms with E-state index in [4.69, 9.17) is 17.0 Å². The van der Waals surface area contributed by atoms with Crippen LogP contribution in [0.4, 0.5) is 0 Å². The molecule has 0 unspecified atom stereocenters. The molecule has 1 aromatic carbocycles. The van der Waals surface area contributed by atoms with Crippen molar-refractivity contribution in [3.63, 3.8) is 0 Å². The van der Waals surface area contributed by atoms with E-state index in [-0.39, 0.29) is 0 Å². The van der Waals surface area contributed by atoms with Gasteiger partial charge in [-0.3, -0.25) is 5.10 Å². The van der Waals surface area contributed by atoms with Crippen LogP contribution in [-0.4, -0.2) is 17.3 Å². The standard InChI is InChI=1S/C13H14N2OS/c1-8-4-5-10(13(16-3)9(8)2)11-6-7-12(17)15-14-11/h4-7H,1-3H3,(H,15,17). The summed E-state index contributed by atoms with van der Waals surface area (Å²) in [5, 5.41) is 7.01. The third-order valence-electron chi connectivity index (χ3n) is 2.84. The second kappa shape index (κ2) is 4.67. The maximum absolute atomic E-state index is 5.46. The van der Waals surface area contributed by atoms with Crippen LogP contribution in [0.5, 0.6) is 5.75 Å². The fourth-order valence-electron chi connectivity index (χ4n) is 1.75. The Kier molecular flexibility index (Phi) is 3.24. The Morgan fingerprint density at radius 3 is 2.53 bits per heavy atom. The molecular formula is C13H14N2OS. The number of aromatic nitrogens is 2. The summed E-state index contributed by atoms with van der Waals surface area (Å²) in [6, 6.07) is 7.80. The topological polar surface area (TPSA) is 37.9 Å². The van der Waals surface area contributed by atoms with Crippen LogP contribution < -0.4 is 4.74 Å². The van der Waals surface area contributed by atoms with Gasteiger partial charge in [-0.1, -0.05) is 18.3 Å². The smallest absolute Gasteiger partial charge is 0.131 e. The SMILES string of the molecule is COc1c(-c2ccc(=S)[nH]n2)ccc(C)c1C. The second-order valence-electron chi connectivity index (χ2n) is 3.89. The highest BCUT2D eigenvalue weighted by molar-refractivity contribution is 7.71. The Bertz CT molecular complexity index is 584. The molecule has 0 aliphatic carbocycles. The summed E-state index contributed by atoms with van der Waals surface area (Å²) in [6.45, 7) is 4.11. The van der Waals surface area contributed by atoms with E-state index in [1.165, 1.54) is 5.56 Å². The summed E-state index contributed by atoms with van der Waals surface area (Å²) in [4.78, 5) is 0. The lowest BCUT2D eigenvalue weighted by Crippen LogP contribution is -1.96. The van der Waals surface area contributed by atoms with Crippen molar-refractivity contribution in [2.45, 2.75) is 13.8 Å². The average Bonchev–Trinajstić information content (AvgIpc) is 2.34. The molecule has 0 radical (unpaired) electrons. The van der Waals surface area contributed by atoms with E-state index in [0.717, 1.165) is 22.6 Å². The molecule has 0 saturated heterocycles. The maximum Gasteiger partial charge on any atom is 0.131 e. The van der Waals surface area contributed by atoms with Crippen LogP contribution in [0.15, 0.2) is 24.3 Å². The second-order valence-corrected chi connectivity index (χ2v) is 4.33. The van der Waals surface area contributed by atoms with Gasteiger partial charge in [-0.15, -0.1) is 0 Å². The summed E-state index contributed by atoms with van der Waals surface area (Å²) >= 11 is 4.98. The monoisotopic (exact) mass is 246 g/mol. The van der Waals surface area contributed by atoms with Crippen LogP contribution in [0.1, 0.15) is 11.1 Å². The van der Waals surface area contributed by atoms with Gasteiger partial charge in [-0.05, 0) is 43.2 Å². The molecule has 0 atom stereocenters. The molecule has 2 aromatic rings. The number of benzene rings is 1. The van der Waals surface area contributed by atoms with Gasteiger partial charge in [0.2, 0.25) is 0 Å². The molecule has 0 bridgehead atoms. The third-order valence-corrected chi connectivity index (χ3v) is 3.06. The Morgan fingerprint density at radius 1 is 1.18 bits per heavy atom. The van der Waals surface area contributed by atoms with E-state index in [0.29, 0.717) is 4.64 Å². The number of hydrogen-bond acceptors (Lipinski definition) is 3. The predicted octanol–water partition coefficient (Wildman–Crippen LogP) is 3.43. The van der Waals surface area contributed by atoms with Crippen LogP contribution in [-0.2, 0) is 0 Å². The summed E-state index contributed by atoms with van der Waals surface area (Å²) in [5.41, 5.74) is 4.14. The Balaban J connectivity index is 2.63. The molecule has 0 spiro atoms. The summed E-state index contributed by atoms with van der Waals surface area (Å²) < 4.78 is 6.08. The van der Waals surface area contributed by atoms with Crippen molar-refractivity contribution in [2.75, 3.05) is 7.11 Å². The summed E-state index contributed by atoms with van der Waals surface area (Å²) in [5.74, 6) is 0.864. The van der Waals surface area contributed by atoms with Gasteiger partial charge in [0, 0.05) is 5.56 Å². The summed E-state index contributed by atoms with van der Waals surface area (Å²) in [6.07, 6.45) is 0. The van der Waals surface area contributed by atoms with E-state index < -0.39 is 0 Å². The lowest BCUT2D eigenvalue weighted by Gasteiger charge is -2.12. The van der Waals surface area contributed by atoms with Crippen molar-refractivity contribution < 1.29 is 4.74 Å². The largest absolute Gasteiger partial charge is 0.496 e. The number of aryl methyl sites for hydroxylation is 1. The van der Waals surface area contributed by atoms with Gasteiger partial charge in [-0.25, -0.2) is 0 Å². The maximum atomic E-state index is 5.46.